The van der Waals surface area contributed by atoms with E-state index in [0.717, 1.165) is 17.7 Å². The molecule has 1 aromatic carbocycles. The molecule has 5 nitrogen and oxygen atoms in total. The van der Waals surface area contributed by atoms with Crippen molar-refractivity contribution in [2.24, 2.45) is 0 Å². The molecule has 2 aromatic rings. The van der Waals surface area contributed by atoms with Crippen LogP contribution < -0.4 is 11.1 Å². The molecule has 0 fully saturated rings. The number of aryl methyl sites for hydroxylation is 1. The molecule has 2 rings (SSSR count). The molecule has 0 aliphatic carbocycles. The van der Waals surface area contributed by atoms with Gasteiger partial charge < -0.3 is 16.2 Å². The molecule has 5 heteroatoms. The fourth-order valence-corrected chi connectivity index (χ4v) is 2.00. The normalized spacial score (nSPS) is 10.3. The minimum Gasteiger partial charge on any atom is -0.397 e. The first kappa shape index (κ1) is 15.0. The molecular weight excluding hydrogens is 266 g/mol. The number of pyridine rings is 1. The Morgan fingerprint density at radius 1 is 1.29 bits per heavy atom. The predicted octanol–water partition coefficient (Wildman–Crippen LogP) is 1.77. The Morgan fingerprint density at radius 3 is 2.86 bits per heavy atom. The largest absolute Gasteiger partial charge is 0.397 e. The molecule has 0 aliphatic rings. The second-order valence-electron chi connectivity index (χ2n) is 4.84. The Kier molecular flexibility index (Phi) is 5.29. The first-order valence-corrected chi connectivity index (χ1v) is 6.87. The third kappa shape index (κ3) is 4.89. The Morgan fingerprint density at radius 2 is 2.14 bits per heavy atom. The van der Waals surface area contributed by atoms with Crippen LogP contribution in [0.15, 0.2) is 42.6 Å². The van der Waals surface area contributed by atoms with E-state index < -0.39 is 0 Å². The summed E-state index contributed by atoms with van der Waals surface area (Å²) in [6.45, 7) is 0.166. The van der Waals surface area contributed by atoms with Crippen LogP contribution in [-0.4, -0.2) is 22.6 Å². The van der Waals surface area contributed by atoms with Gasteiger partial charge in [-0.15, -0.1) is 0 Å². The van der Waals surface area contributed by atoms with Crippen molar-refractivity contribution in [1.82, 2.24) is 4.98 Å². The van der Waals surface area contributed by atoms with E-state index in [1.807, 2.05) is 24.3 Å². The van der Waals surface area contributed by atoms with Crippen molar-refractivity contribution in [3.63, 3.8) is 0 Å². The number of benzene rings is 1. The Bertz CT molecular complexity index is 597. The number of aliphatic hydroxyl groups is 1. The van der Waals surface area contributed by atoms with Gasteiger partial charge in [-0.05, 0) is 42.7 Å². The number of nitrogen functional groups attached to an aromatic ring is 1. The summed E-state index contributed by atoms with van der Waals surface area (Å²) in [6, 6.07) is 11.1. The van der Waals surface area contributed by atoms with Gasteiger partial charge in [0, 0.05) is 18.0 Å². The molecule has 21 heavy (non-hydrogen) atoms. The number of amides is 1. The molecular formula is C16H19N3O2. The van der Waals surface area contributed by atoms with Gasteiger partial charge in [0.2, 0.25) is 5.91 Å². The number of aliphatic hydroxyl groups excluding tert-OH is 1. The third-order valence-corrected chi connectivity index (χ3v) is 3.02. The lowest BCUT2D eigenvalue weighted by Crippen LogP contribution is -2.15. The number of rotatable bonds is 6. The van der Waals surface area contributed by atoms with Gasteiger partial charge in [0.25, 0.3) is 0 Å². The summed E-state index contributed by atoms with van der Waals surface area (Å²) in [6.07, 6.45) is 3.26. The zero-order valence-corrected chi connectivity index (χ0v) is 11.7. The summed E-state index contributed by atoms with van der Waals surface area (Å²) >= 11 is 0. The van der Waals surface area contributed by atoms with Crippen LogP contribution in [-0.2, 0) is 17.6 Å². The second-order valence-corrected chi connectivity index (χ2v) is 4.84. The highest BCUT2D eigenvalue weighted by molar-refractivity contribution is 5.92. The summed E-state index contributed by atoms with van der Waals surface area (Å²) in [7, 11) is 0. The van der Waals surface area contributed by atoms with E-state index in [2.05, 4.69) is 10.3 Å². The minimum atomic E-state index is -0.119. The number of hydrogen-bond donors (Lipinski definition) is 3. The molecule has 0 spiro atoms. The highest BCUT2D eigenvalue weighted by Crippen LogP contribution is 2.13. The molecule has 0 unspecified atom stereocenters. The van der Waals surface area contributed by atoms with Gasteiger partial charge >= 0.3 is 0 Å². The lowest BCUT2D eigenvalue weighted by atomic mass is 10.1. The molecule has 1 amide bonds. The van der Waals surface area contributed by atoms with Gasteiger partial charge in [-0.1, -0.05) is 12.1 Å². The smallest absolute Gasteiger partial charge is 0.230 e. The average molecular weight is 285 g/mol. The summed E-state index contributed by atoms with van der Waals surface area (Å²) in [5, 5.41) is 11.7. The zero-order valence-electron chi connectivity index (χ0n) is 11.7. The van der Waals surface area contributed by atoms with Crippen molar-refractivity contribution in [2.45, 2.75) is 19.3 Å². The third-order valence-electron chi connectivity index (χ3n) is 3.02. The van der Waals surface area contributed by atoms with E-state index in [1.54, 1.807) is 12.1 Å². The van der Waals surface area contributed by atoms with Crippen LogP contribution in [0.1, 0.15) is 17.7 Å². The molecule has 1 heterocycles. The predicted molar refractivity (Wildman–Crippen MR) is 82.8 cm³/mol. The zero-order chi connectivity index (χ0) is 15.1. The summed E-state index contributed by atoms with van der Waals surface area (Å²) in [4.78, 5) is 16.1. The summed E-state index contributed by atoms with van der Waals surface area (Å²) in [5.41, 5.74) is 8.66. The van der Waals surface area contributed by atoms with Gasteiger partial charge in [0.15, 0.2) is 0 Å². The van der Waals surface area contributed by atoms with Crippen molar-refractivity contribution >= 4 is 17.3 Å². The molecule has 0 radical (unpaired) electrons. The first-order chi connectivity index (χ1) is 10.2. The number of nitrogens with one attached hydrogen (secondary N) is 1. The first-order valence-electron chi connectivity index (χ1n) is 6.87. The van der Waals surface area contributed by atoms with Crippen LogP contribution in [0.5, 0.6) is 0 Å². The maximum Gasteiger partial charge on any atom is 0.230 e. The Hall–Kier alpha value is -2.40. The van der Waals surface area contributed by atoms with Crippen LogP contribution in [0.3, 0.4) is 0 Å². The average Bonchev–Trinajstić information content (AvgIpc) is 2.48. The van der Waals surface area contributed by atoms with Gasteiger partial charge in [-0.3, -0.25) is 9.78 Å². The van der Waals surface area contributed by atoms with Crippen molar-refractivity contribution in [1.29, 1.82) is 0 Å². The number of nitrogens with two attached hydrogens (primary N) is 1. The Balaban J connectivity index is 1.94. The van der Waals surface area contributed by atoms with Gasteiger partial charge in [-0.2, -0.15) is 0 Å². The number of anilines is 2. The van der Waals surface area contributed by atoms with Crippen LogP contribution in [0.4, 0.5) is 11.4 Å². The fraction of sp³-hybridized carbons (Fsp3) is 0.250. The lowest BCUT2D eigenvalue weighted by Gasteiger charge is -2.07. The summed E-state index contributed by atoms with van der Waals surface area (Å²) in [5.74, 6) is -0.119. The lowest BCUT2D eigenvalue weighted by molar-refractivity contribution is -0.115. The van der Waals surface area contributed by atoms with E-state index in [4.69, 9.17) is 10.8 Å². The van der Waals surface area contributed by atoms with E-state index in [0.29, 0.717) is 17.8 Å². The minimum absolute atomic E-state index is 0.119. The van der Waals surface area contributed by atoms with Crippen LogP contribution in [0.25, 0.3) is 0 Å². The van der Waals surface area contributed by atoms with Crippen molar-refractivity contribution < 1.29 is 9.90 Å². The SMILES string of the molecule is Nc1ccc(CC(=O)Nc2cccc(CCCO)c2)nc1. The number of aromatic nitrogens is 1. The van der Waals surface area contributed by atoms with Gasteiger partial charge in [-0.25, -0.2) is 0 Å². The molecule has 4 N–H and O–H groups in total. The molecule has 0 atom stereocenters. The maximum atomic E-state index is 12.0. The highest BCUT2D eigenvalue weighted by atomic mass is 16.2. The van der Waals surface area contributed by atoms with E-state index in [1.165, 1.54) is 6.20 Å². The van der Waals surface area contributed by atoms with Crippen molar-refractivity contribution in [3.05, 3.63) is 53.9 Å². The quantitative estimate of drug-likeness (QED) is 0.754. The van der Waals surface area contributed by atoms with E-state index >= 15 is 0 Å². The number of carbonyl (C=O) groups is 1. The van der Waals surface area contributed by atoms with Crippen molar-refractivity contribution in [3.8, 4) is 0 Å². The van der Waals surface area contributed by atoms with Gasteiger partial charge in [0.05, 0.1) is 18.3 Å². The number of carbonyl (C=O) groups excluding carboxylic acids is 1. The highest BCUT2D eigenvalue weighted by Gasteiger charge is 2.05. The fourth-order valence-electron chi connectivity index (χ4n) is 2.00. The second kappa shape index (κ2) is 7.40. The number of hydrogen-bond acceptors (Lipinski definition) is 4. The molecule has 110 valence electrons. The van der Waals surface area contributed by atoms with E-state index in [9.17, 15) is 4.79 Å². The van der Waals surface area contributed by atoms with Crippen molar-refractivity contribution in [2.75, 3.05) is 17.7 Å². The van der Waals surface area contributed by atoms with Crippen LogP contribution in [0, 0.1) is 0 Å². The van der Waals surface area contributed by atoms with Crippen LogP contribution in [0.2, 0.25) is 0 Å². The van der Waals surface area contributed by atoms with Crippen LogP contribution >= 0.6 is 0 Å². The molecule has 0 saturated carbocycles. The number of nitrogens with zero attached hydrogens (tertiary/aromatic N) is 1. The topological polar surface area (TPSA) is 88.2 Å². The standard InChI is InChI=1S/C16H19N3O2/c17-13-6-7-14(18-11-13)10-16(21)19-15-5-1-3-12(9-15)4-2-8-20/h1,3,5-7,9,11,20H,2,4,8,10,17H2,(H,19,21). The van der Waals surface area contributed by atoms with Gasteiger partial charge in [0.1, 0.15) is 0 Å². The maximum absolute atomic E-state index is 12.0. The molecule has 1 aromatic heterocycles. The monoisotopic (exact) mass is 285 g/mol. The van der Waals surface area contributed by atoms with E-state index in [-0.39, 0.29) is 18.9 Å². The molecule has 0 saturated heterocycles. The Labute approximate surface area is 123 Å². The molecule has 0 bridgehead atoms. The summed E-state index contributed by atoms with van der Waals surface area (Å²) < 4.78 is 0. The molecule has 0 aliphatic heterocycles.